The number of urea groups is 1. The minimum Gasteiger partial charge on any atom is -0.489 e. The van der Waals surface area contributed by atoms with Crippen LogP contribution in [0.3, 0.4) is 0 Å². The van der Waals surface area contributed by atoms with Gasteiger partial charge in [-0.15, -0.1) is 0 Å². The summed E-state index contributed by atoms with van der Waals surface area (Å²) in [6, 6.07) is 9.95. The number of amides is 2. The van der Waals surface area contributed by atoms with Gasteiger partial charge in [-0.2, -0.15) is 26.3 Å². The highest BCUT2D eigenvalue weighted by molar-refractivity contribution is 5.94. The molecule has 0 saturated carbocycles. The van der Waals surface area contributed by atoms with Crippen molar-refractivity contribution in [1.82, 2.24) is 10.2 Å². The summed E-state index contributed by atoms with van der Waals surface area (Å²) in [6.45, 7) is -1.64. The smallest absolute Gasteiger partial charge is 0.451 e. The zero-order valence-electron chi connectivity index (χ0n) is 19.7. The van der Waals surface area contributed by atoms with E-state index in [0.29, 0.717) is 37.4 Å². The molecule has 0 spiro atoms. The molecule has 0 bridgehead atoms. The lowest BCUT2D eigenvalue weighted by Gasteiger charge is -2.28. The van der Waals surface area contributed by atoms with Gasteiger partial charge in [0.2, 0.25) is 5.60 Å². The first-order chi connectivity index (χ1) is 17.7. The highest BCUT2D eigenvalue weighted by Gasteiger charge is 2.55. The van der Waals surface area contributed by atoms with Gasteiger partial charge < -0.3 is 20.5 Å². The molecule has 1 fully saturated rings. The van der Waals surface area contributed by atoms with Crippen molar-refractivity contribution in [3.8, 4) is 5.75 Å². The number of hydrogen-bond donors (Lipinski definition) is 3. The van der Waals surface area contributed by atoms with Crippen LogP contribution in [-0.2, 0) is 16.9 Å². The van der Waals surface area contributed by atoms with Gasteiger partial charge in [0, 0.05) is 25.3 Å². The van der Waals surface area contributed by atoms with Crippen LogP contribution in [0.4, 0.5) is 41.2 Å². The maximum Gasteiger partial charge on any atom is 0.451 e. The van der Waals surface area contributed by atoms with E-state index in [1.54, 1.807) is 12.1 Å². The highest BCUT2D eigenvalue weighted by atomic mass is 19.4. The van der Waals surface area contributed by atoms with E-state index in [2.05, 4.69) is 5.32 Å². The molecule has 7 nitrogen and oxygen atoms in total. The minimum absolute atomic E-state index is 0.202. The Morgan fingerprint density at radius 3 is 2.18 bits per heavy atom. The molecular weight excluding hydrogens is 527 g/mol. The Balaban J connectivity index is 1.47. The molecule has 2 aromatic carbocycles. The molecule has 1 aliphatic rings. The number of ketones is 1. The summed E-state index contributed by atoms with van der Waals surface area (Å²) in [5.74, 6) is -1.61. The van der Waals surface area contributed by atoms with E-state index in [-0.39, 0.29) is 11.8 Å². The number of benzene rings is 2. The molecule has 1 aliphatic heterocycles. The monoisotopic (exact) mass is 551 g/mol. The summed E-state index contributed by atoms with van der Waals surface area (Å²) in [4.78, 5) is 24.5. The number of Topliss-reactive ketones (excluding diaryl/α,β-unsaturated/α-hetero) is 1. The van der Waals surface area contributed by atoms with Crippen LogP contribution in [0.25, 0.3) is 0 Å². The number of anilines is 1. The van der Waals surface area contributed by atoms with Gasteiger partial charge in [-0.05, 0) is 41.8 Å². The first-order valence-corrected chi connectivity index (χ1v) is 11.3. The second-order valence-electron chi connectivity index (χ2n) is 8.71. The molecule has 3 N–H and O–H groups in total. The Morgan fingerprint density at radius 1 is 1.00 bits per heavy atom. The Hall–Kier alpha value is -3.39. The van der Waals surface area contributed by atoms with Gasteiger partial charge in [0.15, 0.2) is 0 Å². The van der Waals surface area contributed by atoms with Crippen LogP contribution in [0, 0.1) is 0 Å². The Labute approximate surface area is 212 Å². The predicted molar refractivity (Wildman–Crippen MR) is 121 cm³/mol. The molecule has 38 heavy (non-hydrogen) atoms. The summed E-state index contributed by atoms with van der Waals surface area (Å²) in [5.41, 5.74) is -3.21. The van der Waals surface area contributed by atoms with Crippen molar-refractivity contribution in [1.29, 1.82) is 0 Å². The summed E-state index contributed by atoms with van der Waals surface area (Å²) in [5, 5.41) is 13.8. The SMILES string of the molecule is O=C(NCC(=O)C(F)(F)F)Nc1ccc(OC2CCN(Cc3ccc(C(O)(CF)C(F)(F)F)cc3)C2)cc1. The standard InChI is InChI=1S/C24H24F7N3O4/c25-14-22(37,24(29,30)31)16-3-1-15(2-4-16)12-34-10-9-19(13-34)38-18-7-5-17(6-8-18)33-21(36)32-11-20(35)23(26,27)28/h1-8,19,37H,9-14H2,(H2,32,33,36). The Morgan fingerprint density at radius 2 is 1.63 bits per heavy atom. The first kappa shape index (κ1) is 29.2. The average molecular weight is 551 g/mol. The molecule has 0 aromatic heterocycles. The molecular formula is C24H24F7N3O4. The van der Waals surface area contributed by atoms with E-state index in [4.69, 9.17) is 4.74 Å². The number of aliphatic hydroxyl groups is 1. The molecule has 14 heteroatoms. The van der Waals surface area contributed by atoms with Crippen molar-refractivity contribution in [3.63, 3.8) is 0 Å². The normalized spacial score (nSPS) is 18.1. The van der Waals surface area contributed by atoms with Gasteiger partial charge in [-0.25, -0.2) is 9.18 Å². The number of alkyl halides is 7. The van der Waals surface area contributed by atoms with E-state index >= 15 is 0 Å². The topological polar surface area (TPSA) is 90.9 Å². The van der Waals surface area contributed by atoms with Crippen molar-refractivity contribution in [2.24, 2.45) is 0 Å². The number of rotatable bonds is 9. The van der Waals surface area contributed by atoms with Gasteiger partial charge in [0.25, 0.3) is 5.78 Å². The van der Waals surface area contributed by atoms with E-state index < -0.39 is 48.6 Å². The number of ether oxygens (including phenoxy) is 1. The second kappa shape index (κ2) is 11.6. The van der Waals surface area contributed by atoms with Gasteiger partial charge in [-0.3, -0.25) is 9.69 Å². The van der Waals surface area contributed by atoms with Crippen molar-refractivity contribution >= 4 is 17.5 Å². The molecule has 0 radical (unpaired) electrons. The van der Waals surface area contributed by atoms with Crippen molar-refractivity contribution in [2.45, 2.75) is 37.0 Å². The first-order valence-electron chi connectivity index (χ1n) is 11.3. The lowest BCUT2D eigenvalue weighted by atomic mass is 9.93. The van der Waals surface area contributed by atoms with E-state index in [9.17, 15) is 45.4 Å². The van der Waals surface area contributed by atoms with Crippen LogP contribution in [0.5, 0.6) is 5.75 Å². The maximum absolute atomic E-state index is 13.0. The van der Waals surface area contributed by atoms with Crippen LogP contribution < -0.4 is 15.4 Å². The van der Waals surface area contributed by atoms with E-state index in [1.165, 1.54) is 24.3 Å². The molecule has 1 heterocycles. The minimum atomic E-state index is -5.15. The number of nitrogens with zero attached hydrogens (tertiary/aromatic N) is 1. The molecule has 1 saturated heterocycles. The second-order valence-corrected chi connectivity index (χ2v) is 8.71. The summed E-state index contributed by atoms with van der Waals surface area (Å²) >= 11 is 0. The average Bonchev–Trinajstić information content (AvgIpc) is 3.28. The summed E-state index contributed by atoms with van der Waals surface area (Å²) in [7, 11) is 0. The van der Waals surface area contributed by atoms with E-state index in [0.717, 1.165) is 12.1 Å². The summed E-state index contributed by atoms with van der Waals surface area (Å²) < 4.78 is 94.5. The number of likely N-dealkylation sites (tertiary alicyclic amines) is 1. The summed E-state index contributed by atoms with van der Waals surface area (Å²) in [6.07, 6.45) is -9.73. The molecule has 0 aliphatic carbocycles. The number of carbonyl (C=O) groups is 2. The van der Waals surface area contributed by atoms with Crippen molar-refractivity contribution in [2.75, 3.05) is 31.6 Å². The number of halogens is 7. The quantitative estimate of drug-likeness (QED) is 0.404. The largest absolute Gasteiger partial charge is 0.489 e. The van der Waals surface area contributed by atoms with Crippen LogP contribution >= 0.6 is 0 Å². The van der Waals surface area contributed by atoms with Crippen LogP contribution in [0.1, 0.15) is 17.5 Å². The third-order valence-electron chi connectivity index (χ3n) is 5.87. The van der Waals surface area contributed by atoms with Crippen molar-refractivity contribution < 1.29 is 50.2 Å². The molecule has 2 aromatic rings. The zero-order valence-corrected chi connectivity index (χ0v) is 19.7. The van der Waals surface area contributed by atoms with Gasteiger partial charge >= 0.3 is 18.4 Å². The Bertz CT molecular complexity index is 1110. The van der Waals surface area contributed by atoms with Gasteiger partial charge in [0.1, 0.15) is 18.5 Å². The third kappa shape index (κ3) is 7.34. The van der Waals surface area contributed by atoms with Gasteiger partial charge in [-0.1, -0.05) is 24.3 Å². The van der Waals surface area contributed by atoms with Crippen LogP contribution in [-0.4, -0.2) is 66.6 Å². The molecule has 208 valence electrons. The fourth-order valence-electron chi connectivity index (χ4n) is 3.74. The molecule has 2 unspecified atom stereocenters. The number of hydrogen-bond acceptors (Lipinski definition) is 5. The fourth-order valence-corrected chi connectivity index (χ4v) is 3.74. The molecule has 2 atom stereocenters. The molecule has 3 rings (SSSR count). The van der Waals surface area contributed by atoms with Crippen LogP contribution in [0.15, 0.2) is 48.5 Å². The van der Waals surface area contributed by atoms with Crippen molar-refractivity contribution in [3.05, 3.63) is 59.7 Å². The number of nitrogens with one attached hydrogen (secondary N) is 2. The van der Waals surface area contributed by atoms with E-state index in [1.807, 2.05) is 10.2 Å². The zero-order chi connectivity index (χ0) is 28.1. The highest BCUT2D eigenvalue weighted by Crippen LogP contribution is 2.39. The predicted octanol–water partition coefficient (Wildman–Crippen LogP) is 4.31. The molecule has 2 amide bonds. The Kier molecular flexibility index (Phi) is 8.87. The van der Waals surface area contributed by atoms with Crippen LogP contribution in [0.2, 0.25) is 0 Å². The number of carbonyl (C=O) groups excluding carboxylic acids is 2. The van der Waals surface area contributed by atoms with Gasteiger partial charge in [0.05, 0.1) is 6.54 Å². The maximum atomic E-state index is 13.0. The lowest BCUT2D eigenvalue weighted by molar-refractivity contribution is -0.271. The third-order valence-corrected chi connectivity index (χ3v) is 5.87. The fraction of sp³-hybridized carbons (Fsp3) is 0.417. The lowest BCUT2D eigenvalue weighted by Crippen LogP contribution is -2.44.